The molecule has 0 fully saturated rings. The number of carbonyl (C=O) groups is 2. The lowest BCUT2D eigenvalue weighted by molar-refractivity contribution is -0.130. The first-order valence-corrected chi connectivity index (χ1v) is 7.89. The summed E-state index contributed by atoms with van der Waals surface area (Å²) in [4.78, 5) is 25.9. The van der Waals surface area contributed by atoms with Crippen LogP contribution in [0.1, 0.15) is 28.9 Å². The number of hydrogen-bond acceptors (Lipinski definition) is 3. The molecule has 2 rings (SSSR count). The molecule has 0 aromatic heterocycles. The maximum absolute atomic E-state index is 12.2. The first kappa shape index (κ1) is 17.7. The quantitative estimate of drug-likeness (QED) is 0.858. The Labute approximate surface area is 142 Å². The number of anilines is 1. The molecule has 2 amide bonds. The number of carbonyl (C=O) groups excluding carboxylic acids is 2. The zero-order chi connectivity index (χ0) is 17.5. The predicted molar refractivity (Wildman–Crippen MR) is 95.9 cm³/mol. The molecule has 2 aromatic rings. The topological polar surface area (TPSA) is 61.4 Å². The molecule has 0 aliphatic rings. The monoisotopic (exact) mass is 325 g/mol. The first-order chi connectivity index (χ1) is 11.5. The fraction of sp³-hybridized carbons (Fsp3) is 0.263. The van der Waals surface area contributed by atoms with Gasteiger partial charge in [-0.05, 0) is 43.8 Å². The van der Waals surface area contributed by atoms with Crippen molar-refractivity contribution < 1.29 is 9.59 Å². The van der Waals surface area contributed by atoms with Gasteiger partial charge < -0.3 is 15.5 Å². The molecule has 0 heterocycles. The van der Waals surface area contributed by atoms with Crippen LogP contribution in [0.3, 0.4) is 0 Å². The van der Waals surface area contributed by atoms with E-state index in [0.717, 1.165) is 5.56 Å². The Balaban J connectivity index is 2.11. The second-order valence-electron chi connectivity index (χ2n) is 5.66. The highest BCUT2D eigenvalue weighted by molar-refractivity contribution is 6.04. The van der Waals surface area contributed by atoms with Gasteiger partial charge in [0.25, 0.3) is 5.91 Å². The van der Waals surface area contributed by atoms with E-state index in [2.05, 4.69) is 10.6 Å². The third kappa shape index (κ3) is 4.43. The van der Waals surface area contributed by atoms with E-state index < -0.39 is 0 Å². The highest BCUT2D eigenvalue weighted by atomic mass is 16.2. The summed E-state index contributed by atoms with van der Waals surface area (Å²) >= 11 is 0. The molecule has 0 saturated carbocycles. The second kappa shape index (κ2) is 8.26. The molecule has 0 aliphatic heterocycles. The van der Waals surface area contributed by atoms with Crippen LogP contribution in [0.4, 0.5) is 5.69 Å². The molecule has 0 unspecified atom stereocenters. The minimum atomic E-state index is -0.153. The van der Waals surface area contributed by atoms with Crippen molar-refractivity contribution in [3.63, 3.8) is 0 Å². The van der Waals surface area contributed by atoms with Gasteiger partial charge in [0.1, 0.15) is 0 Å². The van der Waals surface area contributed by atoms with Crippen molar-refractivity contribution in [3.05, 3.63) is 65.7 Å². The Kier molecular flexibility index (Phi) is 6.09. The van der Waals surface area contributed by atoms with Crippen LogP contribution in [0.2, 0.25) is 0 Å². The van der Waals surface area contributed by atoms with E-state index in [1.807, 2.05) is 49.4 Å². The first-order valence-electron chi connectivity index (χ1n) is 7.89. The van der Waals surface area contributed by atoms with Gasteiger partial charge in [0.05, 0.1) is 12.6 Å². The highest BCUT2D eigenvalue weighted by Gasteiger charge is 2.17. The van der Waals surface area contributed by atoms with Gasteiger partial charge in [-0.25, -0.2) is 0 Å². The number of rotatable bonds is 6. The van der Waals surface area contributed by atoms with Gasteiger partial charge in [-0.15, -0.1) is 0 Å². The van der Waals surface area contributed by atoms with Crippen LogP contribution in [-0.4, -0.2) is 37.4 Å². The van der Waals surface area contributed by atoms with E-state index in [1.165, 1.54) is 0 Å². The fourth-order valence-electron chi connectivity index (χ4n) is 2.38. The Bertz CT molecular complexity index is 701. The zero-order valence-corrected chi connectivity index (χ0v) is 14.2. The zero-order valence-electron chi connectivity index (χ0n) is 14.2. The summed E-state index contributed by atoms with van der Waals surface area (Å²) < 4.78 is 0. The van der Waals surface area contributed by atoms with Crippen LogP contribution < -0.4 is 10.6 Å². The van der Waals surface area contributed by atoms with Gasteiger partial charge in [0, 0.05) is 18.3 Å². The minimum absolute atomic E-state index is 0.0173. The van der Waals surface area contributed by atoms with E-state index in [0.29, 0.717) is 17.8 Å². The molecule has 5 nitrogen and oxygen atoms in total. The number of amides is 2. The van der Waals surface area contributed by atoms with E-state index in [-0.39, 0.29) is 17.9 Å². The van der Waals surface area contributed by atoms with Crippen molar-refractivity contribution in [2.24, 2.45) is 0 Å². The summed E-state index contributed by atoms with van der Waals surface area (Å²) in [6.45, 7) is 2.26. The molecule has 0 saturated heterocycles. The lowest BCUT2D eigenvalue weighted by Gasteiger charge is -2.25. The molecule has 0 radical (unpaired) electrons. The van der Waals surface area contributed by atoms with Crippen molar-refractivity contribution in [2.75, 3.05) is 26.0 Å². The Morgan fingerprint density at radius 1 is 1.08 bits per heavy atom. The van der Waals surface area contributed by atoms with Crippen LogP contribution >= 0.6 is 0 Å². The summed E-state index contributed by atoms with van der Waals surface area (Å²) in [5, 5.41) is 5.75. The highest BCUT2D eigenvalue weighted by Crippen LogP contribution is 2.22. The standard InChI is InChI=1S/C19H23N3O2/c1-14(22(3)18(23)13-20-2)16-10-7-11-17(12-16)21-19(24)15-8-5-4-6-9-15/h4-12,14,20H,13H2,1-3H3,(H,21,24)/t14-/m1/s1. The number of benzene rings is 2. The van der Waals surface area contributed by atoms with E-state index in [4.69, 9.17) is 0 Å². The van der Waals surface area contributed by atoms with Gasteiger partial charge in [0.2, 0.25) is 5.91 Å². The van der Waals surface area contributed by atoms with E-state index >= 15 is 0 Å². The average Bonchev–Trinajstić information content (AvgIpc) is 2.61. The van der Waals surface area contributed by atoms with Gasteiger partial charge in [0.15, 0.2) is 0 Å². The Morgan fingerprint density at radius 2 is 1.79 bits per heavy atom. The summed E-state index contributed by atoms with van der Waals surface area (Å²) in [6, 6.07) is 16.6. The largest absolute Gasteiger partial charge is 0.338 e. The molecular weight excluding hydrogens is 302 g/mol. The lowest BCUT2D eigenvalue weighted by Crippen LogP contribution is -2.35. The second-order valence-corrected chi connectivity index (χ2v) is 5.66. The summed E-state index contributed by atoms with van der Waals surface area (Å²) in [7, 11) is 3.52. The average molecular weight is 325 g/mol. The van der Waals surface area contributed by atoms with E-state index in [1.54, 1.807) is 31.1 Å². The predicted octanol–water partition coefficient (Wildman–Crippen LogP) is 2.68. The third-order valence-electron chi connectivity index (χ3n) is 3.97. The summed E-state index contributed by atoms with van der Waals surface area (Å²) in [5.41, 5.74) is 2.28. The van der Waals surface area contributed by atoms with Gasteiger partial charge in [-0.2, -0.15) is 0 Å². The molecule has 0 bridgehead atoms. The molecule has 5 heteroatoms. The van der Waals surface area contributed by atoms with Crippen LogP contribution in [0.25, 0.3) is 0 Å². The lowest BCUT2D eigenvalue weighted by atomic mass is 10.1. The van der Waals surface area contributed by atoms with Gasteiger partial charge in [-0.1, -0.05) is 30.3 Å². The van der Waals surface area contributed by atoms with Crippen LogP contribution in [0, 0.1) is 0 Å². The smallest absolute Gasteiger partial charge is 0.255 e. The molecule has 2 N–H and O–H groups in total. The van der Waals surface area contributed by atoms with E-state index in [9.17, 15) is 9.59 Å². The number of likely N-dealkylation sites (N-methyl/N-ethyl adjacent to an activating group) is 2. The summed E-state index contributed by atoms with van der Waals surface area (Å²) in [5.74, 6) is -0.135. The number of hydrogen-bond donors (Lipinski definition) is 2. The van der Waals surface area contributed by atoms with Crippen LogP contribution in [-0.2, 0) is 4.79 Å². The Hall–Kier alpha value is -2.66. The fourth-order valence-corrected chi connectivity index (χ4v) is 2.38. The van der Waals surface area contributed by atoms with Crippen LogP contribution in [0.15, 0.2) is 54.6 Å². The molecule has 126 valence electrons. The SMILES string of the molecule is CNCC(=O)N(C)[C@H](C)c1cccc(NC(=O)c2ccccc2)c1. The van der Waals surface area contributed by atoms with Crippen molar-refractivity contribution in [1.82, 2.24) is 10.2 Å². The van der Waals surface area contributed by atoms with Crippen LogP contribution in [0.5, 0.6) is 0 Å². The number of nitrogens with one attached hydrogen (secondary N) is 2. The van der Waals surface area contributed by atoms with Crippen molar-refractivity contribution >= 4 is 17.5 Å². The normalized spacial score (nSPS) is 11.6. The van der Waals surface area contributed by atoms with Gasteiger partial charge in [-0.3, -0.25) is 9.59 Å². The third-order valence-corrected chi connectivity index (χ3v) is 3.97. The maximum atomic E-state index is 12.2. The maximum Gasteiger partial charge on any atom is 0.255 e. The molecule has 24 heavy (non-hydrogen) atoms. The Morgan fingerprint density at radius 3 is 2.46 bits per heavy atom. The molecule has 1 atom stereocenters. The molecule has 0 spiro atoms. The van der Waals surface area contributed by atoms with Crippen molar-refractivity contribution in [3.8, 4) is 0 Å². The van der Waals surface area contributed by atoms with Crippen molar-refractivity contribution in [2.45, 2.75) is 13.0 Å². The molecule has 2 aromatic carbocycles. The number of nitrogens with zero attached hydrogens (tertiary/aromatic N) is 1. The minimum Gasteiger partial charge on any atom is -0.338 e. The van der Waals surface area contributed by atoms with Gasteiger partial charge >= 0.3 is 0 Å². The summed E-state index contributed by atoms with van der Waals surface area (Å²) in [6.07, 6.45) is 0. The molecular formula is C19H23N3O2. The molecule has 0 aliphatic carbocycles. The van der Waals surface area contributed by atoms with Crippen molar-refractivity contribution in [1.29, 1.82) is 0 Å².